The van der Waals surface area contributed by atoms with Crippen LogP contribution in [0.25, 0.3) is 0 Å². The van der Waals surface area contributed by atoms with Gasteiger partial charge in [-0.2, -0.15) is 0 Å². The lowest BCUT2D eigenvalue weighted by molar-refractivity contribution is 0.0606. The van der Waals surface area contributed by atoms with E-state index in [2.05, 4.69) is 15.0 Å². The summed E-state index contributed by atoms with van der Waals surface area (Å²) in [6.45, 7) is -0.0183. The van der Waals surface area contributed by atoms with E-state index in [1.54, 1.807) is 0 Å². The Morgan fingerprint density at radius 2 is 2.23 bits per heavy atom. The van der Waals surface area contributed by atoms with Gasteiger partial charge in [0.15, 0.2) is 26.8 Å². The van der Waals surface area contributed by atoms with Crippen molar-refractivity contribution in [3.05, 3.63) is 45.4 Å². The molecule has 2 aromatic rings. The Kier molecular flexibility index (Phi) is 5.28. The van der Waals surface area contributed by atoms with E-state index in [1.807, 2.05) is 0 Å². The summed E-state index contributed by atoms with van der Waals surface area (Å²) in [6.07, 6.45) is -1.08. The number of halogens is 3. The SMILES string of the molecule is COC(=O)c1sc(NC[C@H](O)c2ccc(F)c(F)c2)nc1Cl. The molecule has 0 radical (unpaired) electrons. The van der Waals surface area contributed by atoms with Crippen LogP contribution in [0.1, 0.15) is 21.3 Å². The minimum absolute atomic E-state index is 0.0123. The normalized spacial score (nSPS) is 12.0. The van der Waals surface area contributed by atoms with E-state index in [0.717, 1.165) is 23.5 Å². The van der Waals surface area contributed by atoms with Gasteiger partial charge >= 0.3 is 5.97 Å². The Balaban J connectivity index is 2.03. The summed E-state index contributed by atoms with van der Waals surface area (Å²) in [6, 6.07) is 3.12. The molecule has 0 spiro atoms. The molecule has 0 aliphatic rings. The van der Waals surface area contributed by atoms with Crippen LogP contribution in [0.4, 0.5) is 13.9 Å². The summed E-state index contributed by atoms with van der Waals surface area (Å²) >= 11 is 6.75. The van der Waals surface area contributed by atoms with Crippen LogP contribution in [0.5, 0.6) is 0 Å². The number of aliphatic hydroxyl groups excluding tert-OH is 1. The molecule has 5 nitrogen and oxygen atoms in total. The van der Waals surface area contributed by atoms with Crippen molar-refractivity contribution < 1.29 is 23.4 Å². The van der Waals surface area contributed by atoms with Gasteiger partial charge in [-0.3, -0.25) is 0 Å². The number of ether oxygens (including phenoxy) is 1. The summed E-state index contributed by atoms with van der Waals surface area (Å²) in [4.78, 5) is 15.4. The highest BCUT2D eigenvalue weighted by molar-refractivity contribution is 7.18. The van der Waals surface area contributed by atoms with Gasteiger partial charge in [0.05, 0.1) is 13.2 Å². The molecule has 0 amide bonds. The van der Waals surface area contributed by atoms with Gasteiger partial charge in [0.2, 0.25) is 0 Å². The fraction of sp³-hybridized carbons (Fsp3) is 0.231. The molecule has 2 N–H and O–H groups in total. The lowest BCUT2D eigenvalue weighted by atomic mass is 10.1. The smallest absolute Gasteiger partial charge is 0.351 e. The lowest BCUT2D eigenvalue weighted by Crippen LogP contribution is -2.12. The second-order valence-electron chi connectivity index (χ2n) is 4.20. The summed E-state index contributed by atoms with van der Waals surface area (Å²) in [5, 5.41) is 13.0. The van der Waals surface area contributed by atoms with Crippen molar-refractivity contribution in [1.29, 1.82) is 0 Å². The largest absolute Gasteiger partial charge is 0.465 e. The van der Waals surface area contributed by atoms with Crippen LogP contribution in [-0.2, 0) is 4.74 Å². The Bertz CT molecular complexity index is 696. The monoisotopic (exact) mass is 348 g/mol. The molecule has 118 valence electrons. The molecule has 1 heterocycles. The number of benzene rings is 1. The predicted molar refractivity (Wildman–Crippen MR) is 78.3 cm³/mol. The number of anilines is 1. The maximum absolute atomic E-state index is 13.1. The fourth-order valence-electron chi connectivity index (χ4n) is 1.62. The number of rotatable bonds is 5. The number of nitrogens with zero attached hydrogens (tertiary/aromatic N) is 1. The van der Waals surface area contributed by atoms with Gasteiger partial charge in [0.1, 0.15) is 0 Å². The first-order valence-electron chi connectivity index (χ1n) is 6.04. The number of hydrogen-bond acceptors (Lipinski definition) is 6. The highest BCUT2D eigenvalue weighted by atomic mass is 35.5. The maximum Gasteiger partial charge on any atom is 0.351 e. The number of nitrogens with one attached hydrogen (secondary N) is 1. The number of carbonyl (C=O) groups excluding carboxylic acids is 1. The van der Waals surface area contributed by atoms with E-state index in [0.29, 0.717) is 5.13 Å². The second kappa shape index (κ2) is 6.99. The van der Waals surface area contributed by atoms with Crippen LogP contribution in [0.3, 0.4) is 0 Å². The second-order valence-corrected chi connectivity index (χ2v) is 5.56. The van der Waals surface area contributed by atoms with Crippen LogP contribution in [0.2, 0.25) is 5.15 Å². The van der Waals surface area contributed by atoms with E-state index >= 15 is 0 Å². The molecular weight excluding hydrogens is 338 g/mol. The number of aromatic nitrogens is 1. The van der Waals surface area contributed by atoms with Crippen LogP contribution in [0, 0.1) is 11.6 Å². The lowest BCUT2D eigenvalue weighted by Gasteiger charge is -2.11. The summed E-state index contributed by atoms with van der Waals surface area (Å²) < 4.78 is 30.5. The minimum Gasteiger partial charge on any atom is -0.465 e. The summed E-state index contributed by atoms with van der Waals surface area (Å²) in [7, 11) is 1.22. The number of thiazole rings is 1. The van der Waals surface area contributed by atoms with Crippen molar-refractivity contribution in [2.75, 3.05) is 19.0 Å². The highest BCUT2D eigenvalue weighted by Crippen LogP contribution is 2.28. The van der Waals surface area contributed by atoms with Crippen molar-refractivity contribution in [3.63, 3.8) is 0 Å². The van der Waals surface area contributed by atoms with Gasteiger partial charge < -0.3 is 15.2 Å². The van der Waals surface area contributed by atoms with Crippen LogP contribution in [0.15, 0.2) is 18.2 Å². The maximum atomic E-state index is 13.1. The molecule has 0 aliphatic heterocycles. The number of esters is 1. The van der Waals surface area contributed by atoms with Gasteiger partial charge in [0.25, 0.3) is 0 Å². The van der Waals surface area contributed by atoms with Crippen molar-refractivity contribution in [1.82, 2.24) is 4.98 Å². The third-order valence-electron chi connectivity index (χ3n) is 2.73. The van der Waals surface area contributed by atoms with Gasteiger partial charge in [-0.1, -0.05) is 29.0 Å². The van der Waals surface area contributed by atoms with Gasteiger partial charge in [-0.15, -0.1) is 0 Å². The van der Waals surface area contributed by atoms with E-state index in [4.69, 9.17) is 11.6 Å². The number of methoxy groups -OCH3 is 1. The van der Waals surface area contributed by atoms with Gasteiger partial charge in [-0.25, -0.2) is 18.6 Å². The third kappa shape index (κ3) is 3.70. The molecule has 0 unspecified atom stereocenters. The Morgan fingerprint density at radius 1 is 1.50 bits per heavy atom. The van der Waals surface area contributed by atoms with Crippen LogP contribution < -0.4 is 5.32 Å². The first-order valence-corrected chi connectivity index (χ1v) is 7.23. The zero-order chi connectivity index (χ0) is 16.3. The molecule has 0 fully saturated rings. The topological polar surface area (TPSA) is 71.5 Å². The fourth-order valence-corrected chi connectivity index (χ4v) is 2.73. The molecule has 0 saturated heterocycles. The summed E-state index contributed by atoms with van der Waals surface area (Å²) in [5.74, 6) is -2.64. The van der Waals surface area contributed by atoms with Gasteiger partial charge in [-0.05, 0) is 17.7 Å². The van der Waals surface area contributed by atoms with Gasteiger partial charge in [0, 0.05) is 6.54 Å². The Labute approximate surface area is 133 Å². The average molecular weight is 349 g/mol. The van der Waals surface area contributed by atoms with E-state index in [9.17, 15) is 18.7 Å². The summed E-state index contributed by atoms with van der Waals surface area (Å²) in [5.41, 5.74) is 0.210. The van der Waals surface area contributed by atoms with Crippen molar-refractivity contribution >= 4 is 34.0 Å². The standard InChI is InChI=1S/C13H11ClF2N2O3S/c1-21-12(20)10-11(14)18-13(22-10)17-5-9(19)6-2-3-7(15)8(16)4-6/h2-4,9,19H,5H2,1H3,(H,17,18)/t9-/m0/s1. The molecule has 9 heteroatoms. The molecule has 0 bridgehead atoms. The molecular formula is C13H11ClF2N2O3S. The van der Waals surface area contributed by atoms with E-state index < -0.39 is 23.7 Å². The van der Waals surface area contributed by atoms with E-state index in [-0.39, 0.29) is 22.1 Å². The highest BCUT2D eigenvalue weighted by Gasteiger charge is 2.18. The molecule has 2 rings (SSSR count). The molecule has 1 atom stereocenters. The molecule has 22 heavy (non-hydrogen) atoms. The van der Waals surface area contributed by atoms with E-state index in [1.165, 1.54) is 13.2 Å². The van der Waals surface area contributed by atoms with Crippen LogP contribution >= 0.6 is 22.9 Å². The van der Waals surface area contributed by atoms with Crippen LogP contribution in [-0.4, -0.2) is 29.7 Å². The quantitative estimate of drug-likeness (QED) is 0.813. The number of hydrogen-bond donors (Lipinski definition) is 2. The average Bonchev–Trinajstić information content (AvgIpc) is 2.87. The molecule has 1 aromatic heterocycles. The first kappa shape index (κ1) is 16.6. The van der Waals surface area contributed by atoms with Crippen molar-refractivity contribution in [3.8, 4) is 0 Å². The van der Waals surface area contributed by atoms with Crippen molar-refractivity contribution in [2.24, 2.45) is 0 Å². The third-order valence-corrected chi connectivity index (χ3v) is 4.11. The predicted octanol–water partition coefficient (Wildman–Crippen LogP) is 3.01. The molecule has 0 saturated carbocycles. The Hall–Kier alpha value is -1.77. The first-order chi connectivity index (χ1) is 10.4. The Morgan fingerprint density at radius 3 is 2.86 bits per heavy atom. The molecule has 1 aromatic carbocycles. The minimum atomic E-state index is -1.08. The molecule has 0 aliphatic carbocycles. The zero-order valence-electron chi connectivity index (χ0n) is 11.3. The van der Waals surface area contributed by atoms with Crippen molar-refractivity contribution in [2.45, 2.75) is 6.10 Å². The number of carbonyl (C=O) groups is 1. The zero-order valence-corrected chi connectivity index (χ0v) is 12.8. The number of aliphatic hydroxyl groups is 1.